The highest BCUT2D eigenvalue weighted by Crippen LogP contribution is 2.34. The van der Waals surface area contributed by atoms with E-state index in [1.54, 1.807) is 0 Å². The topological polar surface area (TPSA) is 70.2 Å². The van der Waals surface area contributed by atoms with Gasteiger partial charge in [-0.05, 0) is 26.9 Å². The largest absolute Gasteiger partial charge is 0.489 e. The molecule has 0 spiro atoms. The van der Waals surface area contributed by atoms with Crippen molar-refractivity contribution in [1.29, 1.82) is 0 Å². The third-order valence-electron chi connectivity index (χ3n) is 4.08. The van der Waals surface area contributed by atoms with Crippen molar-refractivity contribution >= 4 is 5.82 Å². The molecular formula is C13H22N4O2. The number of hydrogen-bond donors (Lipinski definition) is 2. The first-order chi connectivity index (χ1) is 9.09. The first kappa shape index (κ1) is 13.9. The summed E-state index contributed by atoms with van der Waals surface area (Å²) in [5.41, 5.74) is -0.111. The molecular weight excluding hydrogens is 244 g/mol. The van der Waals surface area contributed by atoms with Crippen LogP contribution in [-0.4, -0.2) is 48.2 Å². The van der Waals surface area contributed by atoms with Gasteiger partial charge in [0.2, 0.25) is 5.75 Å². The number of nitrogens with zero attached hydrogens (tertiary/aromatic N) is 2. The average molecular weight is 266 g/mol. The van der Waals surface area contributed by atoms with Crippen molar-refractivity contribution in [3.8, 4) is 5.75 Å². The standard InChI is InChI=1S/C13H22N4O2/c1-17(2)13(6-4-5-7-13)8-14-11-10(19-3)12(18)16-9-15-11/h9H,4-8H2,1-3H3,(H2,14,15,16,18). The van der Waals surface area contributed by atoms with Gasteiger partial charge in [-0.25, -0.2) is 4.98 Å². The number of aromatic amines is 1. The van der Waals surface area contributed by atoms with Crippen LogP contribution in [0.1, 0.15) is 25.7 Å². The molecule has 6 nitrogen and oxygen atoms in total. The fourth-order valence-electron chi connectivity index (χ4n) is 2.77. The van der Waals surface area contributed by atoms with E-state index in [2.05, 4.69) is 34.3 Å². The van der Waals surface area contributed by atoms with Crippen LogP contribution < -0.4 is 15.6 Å². The summed E-state index contributed by atoms with van der Waals surface area (Å²) in [7, 11) is 5.69. The van der Waals surface area contributed by atoms with E-state index in [9.17, 15) is 4.79 Å². The molecule has 1 aromatic rings. The SMILES string of the molecule is COc1c(NCC2(N(C)C)CCCC2)nc[nH]c1=O. The van der Waals surface area contributed by atoms with Gasteiger partial charge < -0.3 is 19.9 Å². The number of nitrogens with one attached hydrogen (secondary N) is 2. The predicted molar refractivity (Wildman–Crippen MR) is 74.8 cm³/mol. The Balaban J connectivity index is 2.14. The molecule has 0 aromatic carbocycles. The minimum Gasteiger partial charge on any atom is -0.489 e. The van der Waals surface area contributed by atoms with Crippen LogP contribution in [0.15, 0.2) is 11.1 Å². The van der Waals surface area contributed by atoms with Gasteiger partial charge in [-0.15, -0.1) is 0 Å². The average Bonchev–Trinajstić information content (AvgIpc) is 2.86. The van der Waals surface area contributed by atoms with Gasteiger partial charge in [0.05, 0.1) is 13.4 Å². The van der Waals surface area contributed by atoms with Crippen LogP contribution in [-0.2, 0) is 0 Å². The van der Waals surface area contributed by atoms with Crippen molar-refractivity contribution in [3.05, 3.63) is 16.7 Å². The van der Waals surface area contributed by atoms with Gasteiger partial charge >= 0.3 is 0 Å². The molecule has 0 amide bonds. The van der Waals surface area contributed by atoms with Gasteiger partial charge in [0.25, 0.3) is 5.56 Å². The van der Waals surface area contributed by atoms with E-state index < -0.39 is 0 Å². The van der Waals surface area contributed by atoms with Crippen LogP contribution >= 0.6 is 0 Å². The molecule has 0 unspecified atom stereocenters. The van der Waals surface area contributed by atoms with Crippen molar-refractivity contribution in [1.82, 2.24) is 14.9 Å². The van der Waals surface area contributed by atoms with E-state index >= 15 is 0 Å². The zero-order chi connectivity index (χ0) is 13.9. The zero-order valence-electron chi connectivity index (χ0n) is 11.8. The van der Waals surface area contributed by atoms with E-state index in [1.165, 1.54) is 39.1 Å². The Hall–Kier alpha value is -1.56. The molecule has 0 atom stereocenters. The quantitative estimate of drug-likeness (QED) is 0.834. The molecule has 1 aliphatic carbocycles. The third-order valence-corrected chi connectivity index (χ3v) is 4.08. The molecule has 1 aliphatic rings. The molecule has 2 N–H and O–H groups in total. The second-order valence-corrected chi connectivity index (χ2v) is 5.29. The molecule has 1 heterocycles. The maximum Gasteiger partial charge on any atom is 0.295 e. The molecule has 0 saturated heterocycles. The van der Waals surface area contributed by atoms with Gasteiger partial charge in [0.1, 0.15) is 0 Å². The summed E-state index contributed by atoms with van der Waals surface area (Å²) in [4.78, 5) is 20.5. The molecule has 0 bridgehead atoms. The predicted octanol–water partition coefficient (Wildman–Crippen LogP) is 1.06. The number of anilines is 1. The lowest BCUT2D eigenvalue weighted by Crippen LogP contribution is -2.47. The van der Waals surface area contributed by atoms with Crippen LogP contribution in [0.25, 0.3) is 0 Å². The first-order valence-corrected chi connectivity index (χ1v) is 6.62. The van der Waals surface area contributed by atoms with E-state index in [4.69, 9.17) is 4.74 Å². The number of methoxy groups -OCH3 is 1. The number of rotatable bonds is 5. The Morgan fingerprint density at radius 1 is 1.47 bits per heavy atom. The highest BCUT2D eigenvalue weighted by Gasteiger charge is 2.36. The van der Waals surface area contributed by atoms with Crippen LogP contribution in [0.5, 0.6) is 5.75 Å². The van der Waals surface area contributed by atoms with E-state index in [0.717, 1.165) is 6.54 Å². The van der Waals surface area contributed by atoms with Crippen LogP contribution in [0.3, 0.4) is 0 Å². The molecule has 1 aromatic heterocycles. The van der Waals surface area contributed by atoms with E-state index in [1.807, 2.05) is 0 Å². The van der Waals surface area contributed by atoms with Gasteiger partial charge in [-0.2, -0.15) is 0 Å². The van der Waals surface area contributed by atoms with Crippen LogP contribution in [0.2, 0.25) is 0 Å². The molecule has 6 heteroatoms. The van der Waals surface area contributed by atoms with Crippen molar-refractivity contribution in [3.63, 3.8) is 0 Å². The van der Waals surface area contributed by atoms with Crippen LogP contribution in [0, 0.1) is 0 Å². The Labute approximate surface area is 113 Å². The Bertz CT molecular complexity index is 478. The minimum atomic E-state index is -0.259. The van der Waals surface area contributed by atoms with Gasteiger partial charge in [0, 0.05) is 12.1 Å². The fraction of sp³-hybridized carbons (Fsp3) is 0.692. The Morgan fingerprint density at radius 3 is 2.74 bits per heavy atom. The van der Waals surface area contributed by atoms with Crippen molar-refractivity contribution in [2.45, 2.75) is 31.2 Å². The van der Waals surface area contributed by atoms with Crippen molar-refractivity contribution in [2.75, 3.05) is 33.1 Å². The summed E-state index contributed by atoms with van der Waals surface area (Å²) < 4.78 is 5.10. The number of ether oxygens (including phenoxy) is 1. The smallest absolute Gasteiger partial charge is 0.295 e. The second-order valence-electron chi connectivity index (χ2n) is 5.29. The lowest BCUT2D eigenvalue weighted by atomic mass is 9.96. The van der Waals surface area contributed by atoms with Crippen molar-refractivity contribution in [2.24, 2.45) is 0 Å². The molecule has 0 radical (unpaired) electrons. The van der Waals surface area contributed by atoms with Gasteiger partial charge in [-0.3, -0.25) is 4.79 Å². The summed E-state index contributed by atoms with van der Waals surface area (Å²) >= 11 is 0. The second kappa shape index (κ2) is 5.61. The lowest BCUT2D eigenvalue weighted by molar-refractivity contribution is 0.172. The summed E-state index contributed by atoms with van der Waals surface area (Å²) in [5, 5.41) is 3.27. The number of hydrogen-bond acceptors (Lipinski definition) is 5. The van der Waals surface area contributed by atoms with Crippen LogP contribution in [0.4, 0.5) is 5.82 Å². The number of H-pyrrole nitrogens is 1. The van der Waals surface area contributed by atoms with E-state index in [-0.39, 0.29) is 16.8 Å². The summed E-state index contributed by atoms with van der Waals surface area (Å²) in [6, 6.07) is 0. The Kier molecular flexibility index (Phi) is 4.09. The number of aromatic nitrogens is 2. The molecule has 19 heavy (non-hydrogen) atoms. The maximum absolute atomic E-state index is 11.6. The molecule has 0 aliphatic heterocycles. The maximum atomic E-state index is 11.6. The molecule has 1 saturated carbocycles. The van der Waals surface area contributed by atoms with Crippen molar-refractivity contribution < 1.29 is 4.74 Å². The highest BCUT2D eigenvalue weighted by atomic mass is 16.5. The lowest BCUT2D eigenvalue weighted by Gasteiger charge is -2.36. The number of likely N-dealkylation sites (N-methyl/N-ethyl adjacent to an activating group) is 1. The monoisotopic (exact) mass is 266 g/mol. The minimum absolute atomic E-state index is 0.148. The van der Waals surface area contributed by atoms with Gasteiger partial charge in [-0.1, -0.05) is 12.8 Å². The first-order valence-electron chi connectivity index (χ1n) is 6.62. The van der Waals surface area contributed by atoms with Gasteiger partial charge in [0.15, 0.2) is 5.82 Å². The molecule has 106 valence electrons. The normalized spacial score (nSPS) is 17.7. The zero-order valence-corrected chi connectivity index (χ0v) is 11.8. The fourth-order valence-corrected chi connectivity index (χ4v) is 2.77. The highest BCUT2D eigenvalue weighted by molar-refractivity contribution is 5.48. The van der Waals surface area contributed by atoms with E-state index in [0.29, 0.717) is 5.82 Å². The Morgan fingerprint density at radius 2 is 2.16 bits per heavy atom. The molecule has 1 fully saturated rings. The summed E-state index contributed by atoms with van der Waals surface area (Å²) in [6.45, 7) is 0.771. The third kappa shape index (κ3) is 2.73. The summed E-state index contributed by atoms with van der Waals surface area (Å²) in [6.07, 6.45) is 6.22. The molecule has 2 rings (SSSR count). The summed E-state index contributed by atoms with van der Waals surface area (Å²) in [5.74, 6) is 0.758.